The Kier molecular flexibility index (Phi) is 7.05. The molecule has 6 heteroatoms. The van der Waals surface area contributed by atoms with Gasteiger partial charge in [-0.2, -0.15) is 0 Å². The van der Waals surface area contributed by atoms with E-state index in [-0.39, 0.29) is 6.61 Å². The van der Waals surface area contributed by atoms with Gasteiger partial charge in [0.15, 0.2) is 6.61 Å². The van der Waals surface area contributed by atoms with Crippen molar-refractivity contribution in [2.45, 2.75) is 13.5 Å². The summed E-state index contributed by atoms with van der Waals surface area (Å²) in [5.74, 6) is 0.190. The largest absolute Gasteiger partial charge is 0.495 e. The van der Waals surface area contributed by atoms with Crippen LogP contribution in [0.2, 0.25) is 0 Å². The molecule has 1 N–H and O–H groups in total. The average molecular weight is 405 g/mol. The maximum atomic E-state index is 12.5. The minimum absolute atomic E-state index is 0.210. The van der Waals surface area contributed by atoms with Crippen molar-refractivity contribution < 1.29 is 23.8 Å². The first kappa shape index (κ1) is 20.9. The molecule has 0 saturated carbocycles. The average Bonchev–Trinajstić information content (AvgIpc) is 2.77. The quantitative estimate of drug-likeness (QED) is 0.563. The molecule has 0 aliphatic carbocycles. The van der Waals surface area contributed by atoms with Gasteiger partial charge in [-0.25, -0.2) is 4.79 Å². The second-order valence-corrected chi connectivity index (χ2v) is 6.59. The molecule has 3 rings (SSSR count). The lowest BCUT2D eigenvalue weighted by molar-refractivity contribution is -0.119. The second kappa shape index (κ2) is 10.1. The highest BCUT2D eigenvalue weighted by Crippen LogP contribution is 2.25. The van der Waals surface area contributed by atoms with Crippen molar-refractivity contribution in [2.24, 2.45) is 0 Å². The van der Waals surface area contributed by atoms with Gasteiger partial charge >= 0.3 is 5.97 Å². The van der Waals surface area contributed by atoms with Crippen LogP contribution in [0.3, 0.4) is 0 Å². The van der Waals surface area contributed by atoms with Crippen molar-refractivity contribution in [3.63, 3.8) is 0 Å². The van der Waals surface area contributed by atoms with E-state index < -0.39 is 18.5 Å². The molecule has 0 saturated heterocycles. The summed E-state index contributed by atoms with van der Waals surface area (Å²) in [6.07, 6.45) is 0. The fraction of sp³-hybridized carbons (Fsp3) is 0.167. The zero-order valence-corrected chi connectivity index (χ0v) is 16.9. The molecule has 0 aromatic heterocycles. The van der Waals surface area contributed by atoms with E-state index in [0.29, 0.717) is 28.3 Å². The van der Waals surface area contributed by atoms with Gasteiger partial charge in [0.05, 0.1) is 18.4 Å². The predicted molar refractivity (Wildman–Crippen MR) is 114 cm³/mol. The molecule has 154 valence electrons. The Bertz CT molecular complexity index is 1020. The summed E-state index contributed by atoms with van der Waals surface area (Å²) in [6.45, 7) is 1.70. The molecular weight excluding hydrogens is 382 g/mol. The topological polar surface area (TPSA) is 73.9 Å². The molecule has 3 aromatic rings. The molecule has 0 aliphatic heterocycles. The van der Waals surface area contributed by atoms with Crippen LogP contribution in [0, 0.1) is 6.92 Å². The first-order valence-corrected chi connectivity index (χ1v) is 9.44. The molecule has 0 spiro atoms. The van der Waals surface area contributed by atoms with Crippen molar-refractivity contribution in [3.8, 4) is 11.5 Å². The minimum Gasteiger partial charge on any atom is -0.495 e. The smallest absolute Gasteiger partial charge is 0.339 e. The molecule has 6 nitrogen and oxygen atoms in total. The lowest BCUT2D eigenvalue weighted by atomic mass is 10.1. The number of rotatable bonds is 8. The summed E-state index contributed by atoms with van der Waals surface area (Å²) >= 11 is 0. The Morgan fingerprint density at radius 3 is 2.43 bits per heavy atom. The summed E-state index contributed by atoms with van der Waals surface area (Å²) < 4.78 is 16.2. The molecule has 1 amide bonds. The minimum atomic E-state index is -0.589. The Hall–Kier alpha value is -3.80. The van der Waals surface area contributed by atoms with Gasteiger partial charge < -0.3 is 19.5 Å². The van der Waals surface area contributed by atoms with Crippen molar-refractivity contribution in [1.29, 1.82) is 0 Å². The van der Waals surface area contributed by atoms with Crippen LogP contribution in [0.25, 0.3) is 0 Å². The highest BCUT2D eigenvalue weighted by molar-refractivity contribution is 5.96. The summed E-state index contributed by atoms with van der Waals surface area (Å²) in [5, 5.41) is 2.70. The Morgan fingerprint density at radius 2 is 1.67 bits per heavy atom. The van der Waals surface area contributed by atoms with Crippen LogP contribution in [0.15, 0.2) is 72.8 Å². The predicted octanol–water partition coefficient (Wildman–Crippen LogP) is 4.38. The van der Waals surface area contributed by atoms with Crippen molar-refractivity contribution in [3.05, 3.63) is 89.5 Å². The third kappa shape index (κ3) is 5.61. The molecule has 0 unspecified atom stereocenters. The molecule has 0 heterocycles. The molecule has 0 radical (unpaired) electrons. The summed E-state index contributed by atoms with van der Waals surface area (Å²) in [4.78, 5) is 24.8. The fourth-order valence-corrected chi connectivity index (χ4v) is 2.84. The van der Waals surface area contributed by atoms with Crippen molar-refractivity contribution in [2.75, 3.05) is 19.0 Å². The number of para-hydroxylation sites is 1. The molecule has 0 bridgehead atoms. The lowest BCUT2D eigenvalue weighted by Gasteiger charge is -2.12. The number of anilines is 1. The number of nitrogens with one attached hydrogen (secondary N) is 1. The standard InChI is InChI=1S/C24H23NO5/c1-17-12-13-22(28-2)21(14-17)25-23(26)16-30-24(27)20-11-7-6-8-18(20)15-29-19-9-4-3-5-10-19/h3-14H,15-16H2,1-2H3,(H,25,26). The number of carbonyl (C=O) groups is 2. The van der Waals surface area contributed by atoms with E-state index in [4.69, 9.17) is 14.2 Å². The van der Waals surface area contributed by atoms with Gasteiger partial charge in [0.25, 0.3) is 5.91 Å². The van der Waals surface area contributed by atoms with Gasteiger partial charge in [0.1, 0.15) is 18.1 Å². The number of methoxy groups -OCH3 is 1. The molecular formula is C24H23NO5. The monoisotopic (exact) mass is 405 g/mol. The number of carbonyl (C=O) groups excluding carboxylic acids is 2. The summed E-state index contributed by atoms with van der Waals surface area (Å²) in [7, 11) is 1.52. The molecule has 30 heavy (non-hydrogen) atoms. The number of aryl methyl sites for hydroxylation is 1. The van der Waals surface area contributed by atoms with Crippen LogP contribution in [-0.2, 0) is 16.1 Å². The Labute approximate surface area is 175 Å². The van der Waals surface area contributed by atoms with Crippen LogP contribution in [0.1, 0.15) is 21.5 Å². The Morgan fingerprint density at radius 1 is 0.933 bits per heavy atom. The molecule has 3 aromatic carbocycles. The van der Waals surface area contributed by atoms with Crippen LogP contribution in [0.5, 0.6) is 11.5 Å². The van der Waals surface area contributed by atoms with Gasteiger partial charge in [0.2, 0.25) is 0 Å². The van der Waals surface area contributed by atoms with Crippen LogP contribution >= 0.6 is 0 Å². The third-order valence-electron chi connectivity index (χ3n) is 4.34. The maximum Gasteiger partial charge on any atom is 0.339 e. The summed E-state index contributed by atoms with van der Waals surface area (Å²) in [5.41, 5.74) is 2.52. The van der Waals surface area contributed by atoms with E-state index in [9.17, 15) is 9.59 Å². The van der Waals surface area contributed by atoms with Gasteiger partial charge in [-0.1, -0.05) is 42.5 Å². The zero-order chi connectivity index (χ0) is 21.3. The van der Waals surface area contributed by atoms with E-state index in [0.717, 1.165) is 5.56 Å². The van der Waals surface area contributed by atoms with E-state index in [1.165, 1.54) is 7.11 Å². The van der Waals surface area contributed by atoms with Crippen LogP contribution in [0.4, 0.5) is 5.69 Å². The number of esters is 1. The first-order chi connectivity index (χ1) is 14.6. The molecule has 0 atom stereocenters. The lowest BCUT2D eigenvalue weighted by Crippen LogP contribution is -2.22. The van der Waals surface area contributed by atoms with E-state index in [1.807, 2.05) is 49.4 Å². The molecule has 0 aliphatic rings. The number of hydrogen-bond acceptors (Lipinski definition) is 5. The first-order valence-electron chi connectivity index (χ1n) is 9.44. The normalized spacial score (nSPS) is 10.2. The van der Waals surface area contributed by atoms with E-state index >= 15 is 0 Å². The van der Waals surface area contributed by atoms with Gasteiger partial charge in [0, 0.05) is 5.56 Å². The number of hydrogen-bond donors (Lipinski definition) is 1. The van der Waals surface area contributed by atoms with Crippen molar-refractivity contribution >= 4 is 17.6 Å². The van der Waals surface area contributed by atoms with Crippen molar-refractivity contribution in [1.82, 2.24) is 0 Å². The fourth-order valence-electron chi connectivity index (χ4n) is 2.84. The third-order valence-corrected chi connectivity index (χ3v) is 4.34. The SMILES string of the molecule is COc1ccc(C)cc1NC(=O)COC(=O)c1ccccc1COc1ccccc1. The maximum absolute atomic E-state index is 12.5. The van der Waals surface area contributed by atoms with Gasteiger partial charge in [-0.3, -0.25) is 4.79 Å². The van der Waals surface area contributed by atoms with Crippen LogP contribution < -0.4 is 14.8 Å². The van der Waals surface area contributed by atoms with E-state index in [2.05, 4.69) is 5.32 Å². The van der Waals surface area contributed by atoms with E-state index in [1.54, 1.807) is 30.3 Å². The highest BCUT2D eigenvalue weighted by atomic mass is 16.5. The second-order valence-electron chi connectivity index (χ2n) is 6.59. The Balaban J connectivity index is 1.60. The highest BCUT2D eigenvalue weighted by Gasteiger charge is 2.15. The number of benzene rings is 3. The van der Waals surface area contributed by atoms with Gasteiger partial charge in [-0.05, 0) is 42.8 Å². The van der Waals surface area contributed by atoms with Gasteiger partial charge in [-0.15, -0.1) is 0 Å². The zero-order valence-electron chi connectivity index (χ0n) is 16.9. The summed E-state index contributed by atoms with van der Waals surface area (Å²) in [6, 6.07) is 21.7. The van der Waals surface area contributed by atoms with Crippen LogP contribution in [-0.4, -0.2) is 25.6 Å². The molecule has 0 fully saturated rings. The number of ether oxygens (including phenoxy) is 3. The number of amides is 1.